The maximum Gasteiger partial charge on any atom is 0.297 e. The summed E-state index contributed by atoms with van der Waals surface area (Å²) < 4.78 is 5.72. The number of aromatic nitrogens is 1. The fourth-order valence-corrected chi connectivity index (χ4v) is 3.36. The predicted octanol–water partition coefficient (Wildman–Crippen LogP) is 2.24. The van der Waals surface area contributed by atoms with E-state index in [0.29, 0.717) is 6.04 Å². The van der Waals surface area contributed by atoms with E-state index < -0.39 is 0 Å². The molecule has 3 heterocycles. The first-order valence-corrected chi connectivity index (χ1v) is 8.09. The lowest BCUT2D eigenvalue weighted by atomic mass is 10.1. The van der Waals surface area contributed by atoms with Crippen molar-refractivity contribution >= 4 is 6.01 Å². The van der Waals surface area contributed by atoms with Crippen molar-refractivity contribution in [1.82, 2.24) is 15.2 Å². The number of anilines is 1. The first-order chi connectivity index (χ1) is 9.92. The number of fused-ring (bicyclic) bond motifs is 2. The average molecular weight is 292 g/mol. The fraction of sp³-hybridized carbons (Fsp3) is 0.812. The first kappa shape index (κ1) is 14.9. The number of nitrogens with one attached hydrogen (secondary N) is 1. The van der Waals surface area contributed by atoms with Gasteiger partial charge in [0.05, 0.1) is 5.69 Å². The van der Waals surface area contributed by atoms with Crippen molar-refractivity contribution in [3.05, 3.63) is 12.0 Å². The molecule has 2 unspecified atom stereocenters. The Kier molecular flexibility index (Phi) is 3.97. The second kappa shape index (κ2) is 5.61. The number of rotatable bonds is 3. The van der Waals surface area contributed by atoms with Crippen molar-refractivity contribution in [1.29, 1.82) is 0 Å². The highest BCUT2D eigenvalue weighted by Gasteiger charge is 2.35. The van der Waals surface area contributed by atoms with Gasteiger partial charge >= 0.3 is 0 Å². The topological polar surface area (TPSA) is 44.5 Å². The highest BCUT2D eigenvalue weighted by atomic mass is 16.4. The third-order valence-corrected chi connectivity index (χ3v) is 4.76. The summed E-state index contributed by atoms with van der Waals surface area (Å²) in [5.74, 6) is 0. The third-order valence-electron chi connectivity index (χ3n) is 4.76. The van der Waals surface area contributed by atoms with Gasteiger partial charge in [0.25, 0.3) is 6.01 Å². The van der Waals surface area contributed by atoms with Crippen LogP contribution in [0.15, 0.2) is 10.7 Å². The Bertz CT molecular complexity index is 479. The summed E-state index contributed by atoms with van der Waals surface area (Å²) in [6, 6.07) is 2.19. The number of likely N-dealkylation sites (N-methyl/N-ethyl adjacent to an activating group) is 1. The average Bonchev–Trinajstić information content (AvgIpc) is 2.93. The summed E-state index contributed by atoms with van der Waals surface area (Å²) >= 11 is 0. The Labute approximate surface area is 127 Å². The molecule has 0 spiro atoms. The van der Waals surface area contributed by atoms with E-state index in [-0.39, 0.29) is 5.54 Å². The number of oxazole rings is 1. The van der Waals surface area contributed by atoms with Gasteiger partial charge in [-0.15, -0.1) is 0 Å². The molecule has 2 bridgehead atoms. The van der Waals surface area contributed by atoms with Gasteiger partial charge in [-0.05, 0) is 47.1 Å². The van der Waals surface area contributed by atoms with Gasteiger partial charge in [-0.1, -0.05) is 0 Å². The molecule has 0 amide bonds. The lowest BCUT2D eigenvalue weighted by Gasteiger charge is -2.24. The minimum absolute atomic E-state index is 0.101. The van der Waals surface area contributed by atoms with Gasteiger partial charge in [0.1, 0.15) is 6.26 Å². The Morgan fingerprint density at radius 1 is 1.29 bits per heavy atom. The van der Waals surface area contributed by atoms with Gasteiger partial charge in [-0.3, -0.25) is 4.90 Å². The largest absolute Gasteiger partial charge is 0.432 e. The van der Waals surface area contributed by atoms with E-state index in [1.165, 1.54) is 19.3 Å². The molecular formula is C16H28N4O. The molecule has 118 valence electrons. The van der Waals surface area contributed by atoms with Gasteiger partial charge in [-0.2, -0.15) is 4.98 Å². The third kappa shape index (κ3) is 3.40. The van der Waals surface area contributed by atoms with E-state index in [2.05, 4.69) is 47.9 Å². The maximum atomic E-state index is 5.72. The molecular weight excluding hydrogens is 264 g/mol. The van der Waals surface area contributed by atoms with Gasteiger partial charge in [0.15, 0.2) is 0 Å². The molecule has 1 aromatic heterocycles. The number of hydrogen-bond acceptors (Lipinski definition) is 5. The summed E-state index contributed by atoms with van der Waals surface area (Å²) in [5.41, 5.74) is 1.09. The predicted molar refractivity (Wildman–Crippen MR) is 84.5 cm³/mol. The van der Waals surface area contributed by atoms with Crippen LogP contribution in [0.1, 0.15) is 45.7 Å². The van der Waals surface area contributed by atoms with Crippen LogP contribution in [-0.2, 0) is 6.54 Å². The van der Waals surface area contributed by atoms with Gasteiger partial charge in [-0.25, -0.2) is 0 Å². The number of nitrogens with zero attached hydrogens (tertiary/aromatic N) is 3. The van der Waals surface area contributed by atoms with Crippen LogP contribution in [0.2, 0.25) is 0 Å². The Hall–Kier alpha value is -1.07. The van der Waals surface area contributed by atoms with Crippen molar-refractivity contribution in [2.45, 2.75) is 64.2 Å². The van der Waals surface area contributed by atoms with Crippen LogP contribution in [0.5, 0.6) is 0 Å². The number of hydrogen-bond donors (Lipinski definition) is 1. The smallest absolute Gasteiger partial charge is 0.297 e. The van der Waals surface area contributed by atoms with Crippen molar-refractivity contribution in [2.24, 2.45) is 0 Å². The second-order valence-corrected chi connectivity index (χ2v) is 7.51. The molecule has 5 nitrogen and oxygen atoms in total. The molecule has 2 atom stereocenters. The van der Waals surface area contributed by atoms with Crippen LogP contribution in [0.4, 0.5) is 6.01 Å². The molecule has 2 saturated heterocycles. The van der Waals surface area contributed by atoms with Crippen LogP contribution < -0.4 is 10.2 Å². The van der Waals surface area contributed by atoms with E-state index in [1.54, 1.807) is 6.26 Å². The lowest BCUT2D eigenvalue weighted by Crippen LogP contribution is -2.37. The van der Waals surface area contributed by atoms with Crippen molar-refractivity contribution in [3.63, 3.8) is 0 Å². The Morgan fingerprint density at radius 3 is 2.81 bits per heavy atom. The van der Waals surface area contributed by atoms with Crippen molar-refractivity contribution in [3.8, 4) is 0 Å². The molecule has 0 saturated carbocycles. The Balaban J connectivity index is 1.63. The standard InChI is InChI=1S/C16H28N4O/c1-16(2,3)17-9-12-11-21-15(18-12)20-8-7-13-5-6-14(10-20)19(13)4/h11,13-14,17H,5-10H2,1-4H3. The SMILES string of the molecule is CN1C2CCC1CN(c1nc(CNC(C)(C)C)co1)CC2. The summed E-state index contributed by atoms with van der Waals surface area (Å²) in [6.07, 6.45) is 5.66. The molecule has 0 aromatic carbocycles. The van der Waals surface area contributed by atoms with Crippen molar-refractivity contribution in [2.75, 3.05) is 25.0 Å². The van der Waals surface area contributed by atoms with Gasteiger partial charge in [0, 0.05) is 37.3 Å². The summed E-state index contributed by atoms with van der Waals surface area (Å²) in [5, 5.41) is 3.45. The summed E-state index contributed by atoms with van der Waals surface area (Å²) in [7, 11) is 2.26. The fourth-order valence-electron chi connectivity index (χ4n) is 3.36. The highest BCUT2D eigenvalue weighted by Crippen LogP contribution is 2.30. The Morgan fingerprint density at radius 2 is 2.05 bits per heavy atom. The van der Waals surface area contributed by atoms with Gasteiger partial charge in [0.2, 0.25) is 0 Å². The lowest BCUT2D eigenvalue weighted by molar-refractivity contribution is 0.254. The quantitative estimate of drug-likeness (QED) is 0.925. The molecule has 2 fully saturated rings. The summed E-state index contributed by atoms with van der Waals surface area (Å²) in [4.78, 5) is 9.53. The monoisotopic (exact) mass is 292 g/mol. The van der Waals surface area contributed by atoms with E-state index in [9.17, 15) is 0 Å². The van der Waals surface area contributed by atoms with E-state index in [0.717, 1.165) is 37.4 Å². The van der Waals surface area contributed by atoms with Gasteiger partial charge < -0.3 is 14.6 Å². The zero-order valence-corrected chi connectivity index (χ0v) is 13.7. The van der Waals surface area contributed by atoms with Crippen molar-refractivity contribution < 1.29 is 4.42 Å². The molecule has 3 rings (SSSR count). The molecule has 1 N–H and O–H groups in total. The molecule has 5 heteroatoms. The maximum absolute atomic E-state index is 5.72. The van der Waals surface area contributed by atoms with Crippen LogP contribution in [-0.4, -0.2) is 47.6 Å². The minimum atomic E-state index is 0.101. The van der Waals surface area contributed by atoms with Crippen LogP contribution in [0.25, 0.3) is 0 Å². The second-order valence-electron chi connectivity index (χ2n) is 7.51. The normalized spacial score (nSPS) is 27.1. The molecule has 2 aliphatic rings. The van der Waals surface area contributed by atoms with Crippen LogP contribution >= 0.6 is 0 Å². The van der Waals surface area contributed by atoms with Crippen LogP contribution in [0.3, 0.4) is 0 Å². The molecule has 0 radical (unpaired) electrons. The minimum Gasteiger partial charge on any atom is -0.432 e. The first-order valence-electron chi connectivity index (χ1n) is 8.09. The zero-order valence-electron chi connectivity index (χ0n) is 13.7. The molecule has 2 aliphatic heterocycles. The summed E-state index contributed by atoms with van der Waals surface area (Å²) in [6.45, 7) is 9.34. The van der Waals surface area contributed by atoms with E-state index >= 15 is 0 Å². The van der Waals surface area contributed by atoms with E-state index in [4.69, 9.17) is 4.42 Å². The van der Waals surface area contributed by atoms with Crippen LogP contribution in [0, 0.1) is 0 Å². The highest BCUT2D eigenvalue weighted by molar-refractivity contribution is 5.28. The molecule has 1 aromatic rings. The molecule has 21 heavy (non-hydrogen) atoms. The zero-order chi connectivity index (χ0) is 15.0. The van der Waals surface area contributed by atoms with E-state index in [1.807, 2.05) is 0 Å². The molecule has 0 aliphatic carbocycles.